The van der Waals surface area contributed by atoms with E-state index in [0.29, 0.717) is 6.42 Å². The largest absolute Gasteiger partial charge is 0.393 e. The van der Waals surface area contributed by atoms with Crippen molar-refractivity contribution in [3.63, 3.8) is 0 Å². The van der Waals surface area contributed by atoms with E-state index in [0.717, 1.165) is 23.3 Å². The number of hydrogen-bond acceptors (Lipinski definition) is 6. The van der Waals surface area contributed by atoms with Crippen LogP contribution in [0.2, 0.25) is 0 Å². The third-order valence-corrected chi connectivity index (χ3v) is 2.88. The topological polar surface area (TPSA) is 70.1 Å². The molecule has 0 radical (unpaired) electrons. The van der Waals surface area contributed by atoms with Gasteiger partial charge in [0.05, 0.1) is 6.10 Å². The van der Waals surface area contributed by atoms with Crippen LogP contribution in [0, 0.1) is 0 Å². The first-order chi connectivity index (χ1) is 8.55. The predicted octanol–water partition coefficient (Wildman–Crippen LogP) is 2.20. The summed E-state index contributed by atoms with van der Waals surface area (Å²) in [7, 11) is 0. The predicted molar refractivity (Wildman–Crippen MR) is 77.4 cm³/mol. The van der Waals surface area contributed by atoms with Gasteiger partial charge >= 0.3 is 0 Å². The molecule has 0 aliphatic rings. The number of aromatic nitrogens is 2. The molecule has 0 amide bonds. The van der Waals surface area contributed by atoms with Crippen molar-refractivity contribution in [1.29, 1.82) is 0 Å². The van der Waals surface area contributed by atoms with E-state index in [1.807, 2.05) is 26.2 Å². The first-order valence-corrected chi connectivity index (χ1v) is 7.39. The minimum atomic E-state index is -0.317. The van der Waals surface area contributed by atoms with Crippen molar-refractivity contribution in [3.05, 3.63) is 6.07 Å². The Balaban J connectivity index is 2.77. The van der Waals surface area contributed by atoms with Crippen LogP contribution in [0.3, 0.4) is 0 Å². The van der Waals surface area contributed by atoms with Crippen LogP contribution in [0.5, 0.6) is 0 Å². The molecule has 1 heterocycles. The molecule has 0 fully saturated rings. The highest BCUT2D eigenvalue weighted by Crippen LogP contribution is 2.18. The average molecular weight is 270 g/mol. The molecule has 5 nitrogen and oxygen atoms in total. The lowest BCUT2D eigenvalue weighted by molar-refractivity contribution is 0.179. The van der Waals surface area contributed by atoms with Gasteiger partial charge in [0.15, 0.2) is 5.16 Å². The van der Waals surface area contributed by atoms with Crippen molar-refractivity contribution < 1.29 is 5.11 Å². The van der Waals surface area contributed by atoms with Gasteiger partial charge in [-0.15, -0.1) is 0 Å². The number of thioether (sulfide) groups is 1. The maximum absolute atomic E-state index is 9.35. The van der Waals surface area contributed by atoms with Gasteiger partial charge in [-0.1, -0.05) is 11.8 Å². The lowest BCUT2D eigenvalue weighted by Gasteiger charge is -2.17. The summed E-state index contributed by atoms with van der Waals surface area (Å²) in [6.45, 7) is 6.67. The Labute approximate surface area is 113 Å². The maximum Gasteiger partial charge on any atom is 0.191 e. The maximum atomic E-state index is 9.35. The zero-order chi connectivity index (χ0) is 13.5. The van der Waals surface area contributed by atoms with E-state index in [2.05, 4.69) is 20.6 Å². The SMILES string of the molecule is CCNc1cc(NC(C)CC(C)O)nc(SC)n1. The van der Waals surface area contributed by atoms with Crippen LogP contribution in [0.1, 0.15) is 27.2 Å². The highest BCUT2D eigenvalue weighted by Gasteiger charge is 2.09. The summed E-state index contributed by atoms with van der Waals surface area (Å²) in [6, 6.07) is 2.06. The van der Waals surface area contributed by atoms with E-state index in [4.69, 9.17) is 0 Å². The van der Waals surface area contributed by atoms with Crippen LogP contribution in [-0.2, 0) is 0 Å². The molecular weight excluding hydrogens is 248 g/mol. The lowest BCUT2D eigenvalue weighted by Crippen LogP contribution is -2.21. The van der Waals surface area contributed by atoms with Crippen LogP contribution >= 0.6 is 11.8 Å². The molecule has 0 spiro atoms. The highest BCUT2D eigenvalue weighted by molar-refractivity contribution is 7.98. The molecule has 1 aromatic rings. The number of aliphatic hydroxyl groups excluding tert-OH is 1. The van der Waals surface area contributed by atoms with Gasteiger partial charge in [0.1, 0.15) is 11.6 Å². The fourth-order valence-corrected chi connectivity index (χ4v) is 2.06. The molecule has 6 heteroatoms. The van der Waals surface area contributed by atoms with Crippen LogP contribution < -0.4 is 10.6 Å². The molecule has 3 N–H and O–H groups in total. The van der Waals surface area contributed by atoms with Gasteiger partial charge in [-0.25, -0.2) is 9.97 Å². The van der Waals surface area contributed by atoms with E-state index in [-0.39, 0.29) is 12.1 Å². The van der Waals surface area contributed by atoms with Gasteiger partial charge in [0.25, 0.3) is 0 Å². The summed E-state index contributed by atoms with van der Waals surface area (Å²) in [4.78, 5) is 8.76. The third-order valence-electron chi connectivity index (χ3n) is 2.34. The number of anilines is 2. The first kappa shape index (κ1) is 15.0. The minimum absolute atomic E-state index is 0.170. The summed E-state index contributed by atoms with van der Waals surface area (Å²) in [6.07, 6.45) is 2.33. The zero-order valence-corrected chi connectivity index (χ0v) is 12.2. The lowest BCUT2D eigenvalue weighted by atomic mass is 10.1. The van der Waals surface area contributed by atoms with Crippen LogP contribution in [0.15, 0.2) is 11.2 Å². The Morgan fingerprint density at radius 1 is 1.33 bits per heavy atom. The Morgan fingerprint density at radius 3 is 2.56 bits per heavy atom. The van der Waals surface area contributed by atoms with Crippen molar-refractivity contribution in [2.45, 2.75) is 44.5 Å². The summed E-state index contributed by atoms with van der Waals surface area (Å²) >= 11 is 1.51. The summed E-state index contributed by atoms with van der Waals surface area (Å²) < 4.78 is 0. The van der Waals surface area contributed by atoms with E-state index < -0.39 is 0 Å². The van der Waals surface area contributed by atoms with Crippen LogP contribution in [-0.4, -0.2) is 40.0 Å². The monoisotopic (exact) mass is 270 g/mol. The number of hydrogen-bond donors (Lipinski definition) is 3. The van der Waals surface area contributed by atoms with Crippen molar-refractivity contribution in [1.82, 2.24) is 9.97 Å². The second-order valence-corrected chi connectivity index (χ2v) is 5.06. The second-order valence-electron chi connectivity index (χ2n) is 4.29. The van der Waals surface area contributed by atoms with Gasteiger partial charge in [0.2, 0.25) is 0 Å². The Morgan fingerprint density at radius 2 is 2.00 bits per heavy atom. The van der Waals surface area contributed by atoms with Crippen molar-refractivity contribution in [3.8, 4) is 0 Å². The molecule has 0 aliphatic heterocycles. The van der Waals surface area contributed by atoms with Crippen molar-refractivity contribution >= 4 is 23.4 Å². The molecule has 1 rings (SSSR count). The van der Waals surface area contributed by atoms with Gasteiger partial charge in [-0.3, -0.25) is 0 Å². The second kappa shape index (κ2) is 7.43. The van der Waals surface area contributed by atoms with Crippen LogP contribution in [0.4, 0.5) is 11.6 Å². The number of rotatable bonds is 7. The fraction of sp³-hybridized carbons (Fsp3) is 0.667. The van der Waals surface area contributed by atoms with Crippen molar-refractivity contribution in [2.75, 3.05) is 23.4 Å². The molecule has 18 heavy (non-hydrogen) atoms. The third kappa shape index (κ3) is 5.10. The molecule has 2 atom stereocenters. The fourth-order valence-electron chi connectivity index (χ4n) is 1.69. The molecular formula is C12H22N4OS. The standard InChI is InChI=1S/C12H22N4OS/c1-5-13-10-7-11(16-12(15-10)18-4)14-8(2)6-9(3)17/h7-9,17H,5-6H2,1-4H3,(H2,13,14,15,16). The Hall–Kier alpha value is -1.01. The number of aliphatic hydroxyl groups is 1. The molecule has 2 unspecified atom stereocenters. The van der Waals surface area contributed by atoms with E-state index in [9.17, 15) is 5.11 Å². The average Bonchev–Trinajstić information content (AvgIpc) is 2.27. The minimum Gasteiger partial charge on any atom is -0.393 e. The Bertz CT molecular complexity index is 373. The summed E-state index contributed by atoms with van der Waals surface area (Å²) in [5, 5.41) is 16.6. The quantitative estimate of drug-likeness (QED) is 0.521. The van der Waals surface area contributed by atoms with Gasteiger partial charge < -0.3 is 15.7 Å². The number of nitrogens with one attached hydrogen (secondary N) is 2. The van der Waals surface area contributed by atoms with E-state index in [1.54, 1.807) is 6.92 Å². The van der Waals surface area contributed by atoms with E-state index in [1.165, 1.54) is 11.8 Å². The summed E-state index contributed by atoms with van der Waals surface area (Å²) in [5.41, 5.74) is 0. The van der Waals surface area contributed by atoms with Gasteiger partial charge in [0, 0.05) is 18.7 Å². The molecule has 102 valence electrons. The first-order valence-electron chi connectivity index (χ1n) is 6.16. The Kier molecular flexibility index (Phi) is 6.21. The number of nitrogens with zero attached hydrogens (tertiary/aromatic N) is 2. The molecule has 0 saturated carbocycles. The van der Waals surface area contributed by atoms with Crippen molar-refractivity contribution in [2.24, 2.45) is 0 Å². The molecule has 0 saturated heterocycles. The molecule has 0 aliphatic carbocycles. The normalized spacial score (nSPS) is 14.1. The highest BCUT2D eigenvalue weighted by atomic mass is 32.2. The molecule has 1 aromatic heterocycles. The summed E-state index contributed by atoms with van der Waals surface area (Å²) in [5.74, 6) is 1.61. The van der Waals surface area contributed by atoms with Crippen LogP contribution in [0.25, 0.3) is 0 Å². The smallest absolute Gasteiger partial charge is 0.191 e. The zero-order valence-electron chi connectivity index (χ0n) is 11.4. The molecule has 0 bridgehead atoms. The van der Waals surface area contributed by atoms with Gasteiger partial charge in [-0.05, 0) is 33.4 Å². The van der Waals surface area contributed by atoms with E-state index >= 15 is 0 Å². The van der Waals surface area contributed by atoms with Gasteiger partial charge in [-0.2, -0.15) is 0 Å². The molecule has 0 aromatic carbocycles.